The monoisotopic (exact) mass is 220 g/mol. The van der Waals surface area contributed by atoms with Crippen LogP contribution in [-0.2, 0) is 11.2 Å². The van der Waals surface area contributed by atoms with Gasteiger partial charge in [0.2, 0.25) is 5.91 Å². The Bertz CT molecular complexity index is 371. The van der Waals surface area contributed by atoms with Gasteiger partial charge in [-0.3, -0.25) is 4.79 Å². The van der Waals surface area contributed by atoms with Gasteiger partial charge in [-0.1, -0.05) is 12.1 Å². The van der Waals surface area contributed by atoms with E-state index in [0.717, 1.165) is 18.4 Å². The van der Waals surface area contributed by atoms with Crippen molar-refractivity contribution in [3.05, 3.63) is 29.8 Å². The summed E-state index contributed by atoms with van der Waals surface area (Å²) in [5.74, 6) is 0.135. The van der Waals surface area contributed by atoms with Gasteiger partial charge in [0.1, 0.15) is 5.75 Å². The zero-order valence-electron chi connectivity index (χ0n) is 9.02. The Morgan fingerprint density at radius 2 is 2.06 bits per heavy atom. The number of nitrogens with one attached hydrogen (secondary N) is 1. The number of phenols is 1. The van der Waals surface area contributed by atoms with Gasteiger partial charge in [0.15, 0.2) is 0 Å². The van der Waals surface area contributed by atoms with E-state index in [1.165, 1.54) is 0 Å². The van der Waals surface area contributed by atoms with Crippen LogP contribution in [0.15, 0.2) is 24.3 Å². The molecule has 1 aromatic rings. The quantitative estimate of drug-likeness (QED) is 0.693. The van der Waals surface area contributed by atoms with Gasteiger partial charge >= 0.3 is 0 Å². The molecule has 16 heavy (non-hydrogen) atoms. The molecule has 1 aliphatic carbocycles. The van der Waals surface area contributed by atoms with E-state index in [9.17, 15) is 4.79 Å². The molecule has 0 aromatic heterocycles. The van der Waals surface area contributed by atoms with Crippen LogP contribution >= 0.6 is 0 Å². The molecule has 4 N–H and O–H groups in total. The highest BCUT2D eigenvalue weighted by Crippen LogP contribution is 2.18. The number of hydrogen-bond donors (Lipinski definition) is 3. The largest absolute Gasteiger partial charge is 0.508 e. The van der Waals surface area contributed by atoms with Gasteiger partial charge in [0, 0.05) is 6.04 Å². The molecule has 0 bridgehead atoms. The maximum absolute atomic E-state index is 11.6. The van der Waals surface area contributed by atoms with E-state index in [1.807, 2.05) is 0 Å². The molecule has 0 spiro atoms. The van der Waals surface area contributed by atoms with Crippen LogP contribution in [0.2, 0.25) is 0 Å². The van der Waals surface area contributed by atoms with E-state index in [2.05, 4.69) is 5.32 Å². The van der Waals surface area contributed by atoms with Gasteiger partial charge in [0.25, 0.3) is 0 Å². The second-order valence-electron chi connectivity index (χ2n) is 4.26. The van der Waals surface area contributed by atoms with Gasteiger partial charge in [-0.15, -0.1) is 0 Å². The first-order valence-corrected chi connectivity index (χ1v) is 5.49. The molecule has 0 heterocycles. The fourth-order valence-corrected chi connectivity index (χ4v) is 1.51. The Morgan fingerprint density at radius 3 is 2.62 bits per heavy atom. The second-order valence-corrected chi connectivity index (χ2v) is 4.26. The molecule has 1 aromatic carbocycles. The Morgan fingerprint density at radius 1 is 1.44 bits per heavy atom. The molecule has 86 valence electrons. The molecule has 1 saturated carbocycles. The summed E-state index contributed by atoms with van der Waals surface area (Å²) in [6.07, 6.45) is 2.63. The lowest BCUT2D eigenvalue weighted by Crippen LogP contribution is -2.42. The minimum Gasteiger partial charge on any atom is -0.508 e. The van der Waals surface area contributed by atoms with Gasteiger partial charge in [-0.05, 0) is 37.0 Å². The fourth-order valence-electron chi connectivity index (χ4n) is 1.51. The molecule has 4 heteroatoms. The highest BCUT2D eigenvalue weighted by molar-refractivity contribution is 5.82. The molecule has 0 aliphatic heterocycles. The Labute approximate surface area is 94.5 Å². The number of rotatable bonds is 4. The fraction of sp³-hybridized carbons (Fsp3) is 0.417. The lowest BCUT2D eigenvalue weighted by molar-refractivity contribution is -0.122. The van der Waals surface area contributed by atoms with Crippen LogP contribution in [-0.4, -0.2) is 23.1 Å². The minimum atomic E-state index is -0.509. The van der Waals surface area contributed by atoms with Gasteiger partial charge in [0.05, 0.1) is 6.04 Å². The summed E-state index contributed by atoms with van der Waals surface area (Å²) in [7, 11) is 0. The third-order valence-corrected chi connectivity index (χ3v) is 2.65. The van der Waals surface area contributed by atoms with E-state index in [4.69, 9.17) is 10.8 Å². The van der Waals surface area contributed by atoms with Crippen LogP contribution in [0.1, 0.15) is 18.4 Å². The Hall–Kier alpha value is -1.55. The number of amides is 1. The number of carbonyl (C=O) groups is 1. The van der Waals surface area contributed by atoms with Crippen molar-refractivity contribution in [1.29, 1.82) is 0 Å². The normalized spacial score (nSPS) is 16.8. The van der Waals surface area contributed by atoms with Crippen molar-refractivity contribution in [2.45, 2.75) is 31.3 Å². The summed E-state index contributed by atoms with van der Waals surface area (Å²) in [6.45, 7) is 0. The molecular weight excluding hydrogens is 204 g/mol. The molecule has 0 unspecified atom stereocenters. The number of nitrogens with two attached hydrogens (primary N) is 1. The van der Waals surface area contributed by atoms with E-state index < -0.39 is 6.04 Å². The average molecular weight is 220 g/mol. The van der Waals surface area contributed by atoms with Crippen molar-refractivity contribution >= 4 is 5.91 Å². The first kappa shape index (κ1) is 11.0. The standard InChI is InChI=1S/C12H16N2O2/c13-11(12(16)14-9-3-4-9)7-8-1-5-10(15)6-2-8/h1-2,5-6,9,11,15H,3-4,7,13H2,(H,14,16)/t11-/m1/s1. The minimum absolute atomic E-state index is 0.0874. The summed E-state index contributed by atoms with van der Waals surface area (Å²) in [4.78, 5) is 11.6. The van der Waals surface area contributed by atoms with Gasteiger partial charge in [-0.2, -0.15) is 0 Å². The molecule has 0 saturated heterocycles. The van der Waals surface area contributed by atoms with Crippen LogP contribution in [0.5, 0.6) is 5.75 Å². The predicted molar refractivity (Wildman–Crippen MR) is 61.0 cm³/mol. The molecule has 2 rings (SSSR count). The van der Waals surface area contributed by atoms with Gasteiger partial charge < -0.3 is 16.2 Å². The maximum atomic E-state index is 11.6. The summed E-state index contributed by atoms with van der Waals surface area (Å²) in [6, 6.07) is 6.59. The zero-order chi connectivity index (χ0) is 11.5. The highest BCUT2D eigenvalue weighted by Gasteiger charge is 2.25. The van der Waals surface area contributed by atoms with Gasteiger partial charge in [-0.25, -0.2) is 0 Å². The number of benzene rings is 1. The highest BCUT2D eigenvalue weighted by atomic mass is 16.3. The van der Waals surface area contributed by atoms with E-state index in [1.54, 1.807) is 24.3 Å². The molecule has 1 aliphatic rings. The van der Waals surface area contributed by atoms with Crippen molar-refractivity contribution in [3.63, 3.8) is 0 Å². The SMILES string of the molecule is N[C@H](Cc1ccc(O)cc1)C(=O)NC1CC1. The Balaban J connectivity index is 1.87. The zero-order valence-corrected chi connectivity index (χ0v) is 9.02. The van der Waals surface area contributed by atoms with E-state index >= 15 is 0 Å². The van der Waals surface area contributed by atoms with E-state index in [0.29, 0.717) is 12.5 Å². The number of carbonyl (C=O) groups excluding carboxylic acids is 1. The number of phenolic OH excluding ortho intramolecular Hbond substituents is 1. The van der Waals surface area contributed by atoms with Crippen molar-refractivity contribution in [2.24, 2.45) is 5.73 Å². The molecule has 1 fully saturated rings. The third-order valence-electron chi connectivity index (χ3n) is 2.65. The molecule has 1 amide bonds. The molecule has 4 nitrogen and oxygen atoms in total. The van der Waals surface area contributed by atoms with Crippen LogP contribution in [0.25, 0.3) is 0 Å². The van der Waals surface area contributed by atoms with Crippen molar-refractivity contribution in [3.8, 4) is 5.75 Å². The number of hydrogen-bond acceptors (Lipinski definition) is 3. The topological polar surface area (TPSA) is 75.3 Å². The van der Waals surface area contributed by atoms with Crippen molar-refractivity contribution < 1.29 is 9.90 Å². The van der Waals surface area contributed by atoms with Crippen LogP contribution in [0.3, 0.4) is 0 Å². The second kappa shape index (κ2) is 4.53. The Kier molecular flexibility index (Phi) is 3.10. The smallest absolute Gasteiger partial charge is 0.237 e. The van der Waals surface area contributed by atoms with E-state index in [-0.39, 0.29) is 11.7 Å². The maximum Gasteiger partial charge on any atom is 0.237 e. The summed E-state index contributed by atoms with van der Waals surface area (Å²) in [5, 5.41) is 12.0. The molecule has 0 radical (unpaired) electrons. The number of aromatic hydroxyl groups is 1. The van der Waals surface area contributed by atoms with Crippen LogP contribution in [0, 0.1) is 0 Å². The third kappa shape index (κ3) is 2.97. The lowest BCUT2D eigenvalue weighted by Gasteiger charge is -2.11. The predicted octanol–water partition coefficient (Wildman–Crippen LogP) is 0.541. The summed E-state index contributed by atoms with van der Waals surface area (Å²) < 4.78 is 0. The molecule has 1 atom stereocenters. The van der Waals surface area contributed by atoms with Crippen molar-refractivity contribution in [2.75, 3.05) is 0 Å². The summed E-state index contributed by atoms with van der Waals surface area (Å²) in [5.41, 5.74) is 6.74. The van der Waals surface area contributed by atoms with Crippen LogP contribution < -0.4 is 11.1 Å². The average Bonchev–Trinajstić information content (AvgIpc) is 3.05. The molecular formula is C12H16N2O2. The first-order chi connectivity index (χ1) is 7.65. The first-order valence-electron chi connectivity index (χ1n) is 5.49. The van der Waals surface area contributed by atoms with Crippen LogP contribution in [0.4, 0.5) is 0 Å². The summed E-state index contributed by atoms with van der Waals surface area (Å²) >= 11 is 0. The van der Waals surface area contributed by atoms with Crippen molar-refractivity contribution in [1.82, 2.24) is 5.32 Å². The lowest BCUT2D eigenvalue weighted by atomic mass is 10.1.